The third kappa shape index (κ3) is 3.38. The Labute approximate surface area is 150 Å². The summed E-state index contributed by atoms with van der Waals surface area (Å²) < 4.78 is 5.10. The van der Waals surface area contributed by atoms with Crippen LogP contribution in [0.1, 0.15) is 25.9 Å². The molecule has 0 spiro atoms. The lowest BCUT2D eigenvalue weighted by Crippen LogP contribution is -2.12. The van der Waals surface area contributed by atoms with Crippen LogP contribution >= 0.6 is 11.3 Å². The zero-order valence-corrected chi connectivity index (χ0v) is 14.1. The highest BCUT2D eigenvalue weighted by atomic mass is 32.1. The third-order valence-corrected chi connectivity index (χ3v) is 4.23. The molecule has 2 heterocycles. The van der Waals surface area contributed by atoms with Gasteiger partial charge in [-0.15, -0.1) is 0 Å². The molecule has 0 radical (unpaired) electrons. The molecule has 0 fully saturated rings. The van der Waals surface area contributed by atoms with E-state index in [0.717, 1.165) is 17.4 Å². The monoisotopic (exact) mass is 369 g/mol. The number of carboxylic acid groups (broad SMARTS) is 1. The number of methoxy groups -OCH3 is 1. The van der Waals surface area contributed by atoms with E-state index in [-0.39, 0.29) is 16.5 Å². The van der Waals surface area contributed by atoms with Crippen molar-refractivity contribution in [3.05, 3.63) is 46.6 Å². The number of nitrogens with one attached hydrogen (secondary N) is 2. The number of nitrogens with zero attached hydrogens (tertiary/aromatic N) is 3. The van der Waals surface area contributed by atoms with Crippen LogP contribution in [0.25, 0.3) is 11.3 Å². The van der Waals surface area contributed by atoms with Crippen LogP contribution in [0.4, 0.5) is 5.13 Å². The number of hydrogen-bond acceptors (Lipinski definition) is 7. The Balaban J connectivity index is 1.84. The Bertz CT molecular complexity index is 1020. The fourth-order valence-corrected chi connectivity index (χ4v) is 2.88. The molecule has 0 saturated heterocycles. The van der Waals surface area contributed by atoms with Crippen LogP contribution in [0.5, 0.6) is 5.75 Å². The number of hydrogen-bond donors (Lipinski definition) is 3. The van der Waals surface area contributed by atoms with Gasteiger partial charge in [0.05, 0.1) is 7.11 Å². The van der Waals surface area contributed by atoms with Crippen molar-refractivity contribution in [3.8, 4) is 23.1 Å². The Morgan fingerprint density at radius 3 is 2.65 bits per heavy atom. The number of H-pyrrole nitrogens is 1. The quantitative estimate of drug-likeness (QED) is 0.627. The number of aromatic amines is 1. The van der Waals surface area contributed by atoms with E-state index in [2.05, 4.69) is 20.5 Å². The number of ether oxygens (including phenoxy) is 1. The summed E-state index contributed by atoms with van der Waals surface area (Å²) in [6.45, 7) is 0. The Morgan fingerprint density at radius 2 is 2.08 bits per heavy atom. The number of rotatable bonds is 5. The van der Waals surface area contributed by atoms with E-state index >= 15 is 0 Å². The molecule has 0 bridgehead atoms. The van der Waals surface area contributed by atoms with Crippen LogP contribution < -0.4 is 10.1 Å². The topological polar surface area (TPSA) is 141 Å². The summed E-state index contributed by atoms with van der Waals surface area (Å²) in [7, 11) is 1.55. The fourth-order valence-electron chi connectivity index (χ4n) is 2.10. The van der Waals surface area contributed by atoms with E-state index < -0.39 is 11.9 Å². The van der Waals surface area contributed by atoms with Gasteiger partial charge in [0.25, 0.3) is 5.91 Å². The predicted octanol–water partition coefficient (Wildman–Crippen LogP) is 2.36. The summed E-state index contributed by atoms with van der Waals surface area (Å²) in [6.07, 6.45) is 0. The highest BCUT2D eigenvalue weighted by molar-refractivity contribution is 7.16. The second-order valence-corrected chi connectivity index (χ2v) is 5.96. The van der Waals surface area contributed by atoms with Gasteiger partial charge in [0, 0.05) is 11.6 Å². The Hall–Kier alpha value is -3.71. The number of nitriles is 1. The first-order valence-electron chi connectivity index (χ1n) is 7.17. The highest BCUT2D eigenvalue weighted by Gasteiger charge is 2.18. The lowest BCUT2D eigenvalue weighted by atomic mass is 10.1. The van der Waals surface area contributed by atoms with Gasteiger partial charge in [0.15, 0.2) is 10.8 Å². The molecule has 2 aromatic heterocycles. The van der Waals surface area contributed by atoms with Gasteiger partial charge >= 0.3 is 5.97 Å². The molecule has 1 aromatic carbocycles. The summed E-state index contributed by atoms with van der Waals surface area (Å²) in [5, 5.41) is 26.8. The molecule has 9 nitrogen and oxygen atoms in total. The minimum atomic E-state index is -1.22. The molecule has 1 amide bonds. The minimum Gasteiger partial charge on any atom is -0.497 e. The number of aromatic nitrogens is 3. The number of carbonyl (C=O) groups excluding carboxylic acids is 1. The van der Waals surface area contributed by atoms with Gasteiger partial charge < -0.3 is 9.84 Å². The molecule has 26 heavy (non-hydrogen) atoms. The molecule has 0 aliphatic heterocycles. The van der Waals surface area contributed by atoms with E-state index in [4.69, 9.17) is 9.84 Å². The smallest absolute Gasteiger partial charge is 0.353 e. The number of benzene rings is 1. The zero-order valence-electron chi connectivity index (χ0n) is 13.3. The standard InChI is InChI=1S/C16H11N5O4S/c1-25-9-4-2-8(3-5-9)13-12(7-17)26-16(18-13)19-14(22)10-6-11(15(23)24)21-20-10/h2-6H,1H3,(H,20,21)(H,23,24)(H,18,19,22). The van der Waals surface area contributed by atoms with Crippen molar-refractivity contribution in [2.24, 2.45) is 0 Å². The fraction of sp³-hybridized carbons (Fsp3) is 0.0625. The number of carbonyl (C=O) groups is 2. The number of anilines is 1. The van der Waals surface area contributed by atoms with Crippen LogP contribution in [0, 0.1) is 11.3 Å². The summed E-state index contributed by atoms with van der Waals surface area (Å²) in [6, 6.07) is 10.2. The van der Waals surface area contributed by atoms with Gasteiger partial charge in [-0.05, 0) is 24.3 Å². The van der Waals surface area contributed by atoms with E-state index in [1.807, 2.05) is 6.07 Å². The summed E-state index contributed by atoms with van der Waals surface area (Å²) >= 11 is 1.01. The van der Waals surface area contributed by atoms with Crippen molar-refractivity contribution in [2.75, 3.05) is 12.4 Å². The lowest BCUT2D eigenvalue weighted by Gasteiger charge is -2.01. The highest BCUT2D eigenvalue weighted by Crippen LogP contribution is 2.31. The van der Waals surface area contributed by atoms with Gasteiger partial charge in [-0.25, -0.2) is 9.78 Å². The third-order valence-electron chi connectivity index (χ3n) is 3.35. The molecule has 10 heteroatoms. The molecule has 0 atom stereocenters. The van der Waals surface area contributed by atoms with Crippen molar-refractivity contribution in [1.29, 1.82) is 5.26 Å². The Morgan fingerprint density at radius 1 is 1.35 bits per heavy atom. The van der Waals surface area contributed by atoms with Gasteiger partial charge in [0.1, 0.15) is 28.1 Å². The molecular weight excluding hydrogens is 358 g/mol. The lowest BCUT2D eigenvalue weighted by molar-refractivity contribution is 0.0690. The number of thiazole rings is 1. The van der Waals surface area contributed by atoms with Crippen LogP contribution in [-0.2, 0) is 0 Å². The maximum atomic E-state index is 12.2. The molecule has 0 aliphatic rings. The molecule has 0 aliphatic carbocycles. The second kappa shape index (κ2) is 7.04. The van der Waals surface area contributed by atoms with Crippen molar-refractivity contribution >= 4 is 28.3 Å². The maximum absolute atomic E-state index is 12.2. The molecule has 130 valence electrons. The van der Waals surface area contributed by atoms with Crippen molar-refractivity contribution in [1.82, 2.24) is 15.2 Å². The van der Waals surface area contributed by atoms with Crippen molar-refractivity contribution in [2.45, 2.75) is 0 Å². The van der Waals surface area contributed by atoms with Crippen LogP contribution in [-0.4, -0.2) is 39.3 Å². The Kier molecular flexibility index (Phi) is 4.64. The second-order valence-electron chi connectivity index (χ2n) is 4.96. The molecular formula is C16H11N5O4S. The van der Waals surface area contributed by atoms with Gasteiger partial charge in [-0.3, -0.25) is 15.2 Å². The molecule has 3 rings (SSSR count). The van der Waals surface area contributed by atoms with Crippen LogP contribution in [0.15, 0.2) is 30.3 Å². The summed E-state index contributed by atoms with van der Waals surface area (Å²) in [5.41, 5.74) is 0.837. The first-order chi connectivity index (χ1) is 12.5. The SMILES string of the molecule is COc1ccc(-c2nc(NC(=O)c3cc(C(=O)O)[nH]n3)sc2C#N)cc1. The zero-order chi connectivity index (χ0) is 18.7. The molecule has 0 unspecified atom stereocenters. The van der Waals surface area contributed by atoms with Gasteiger partial charge in [-0.2, -0.15) is 10.4 Å². The molecule has 3 aromatic rings. The van der Waals surface area contributed by atoms with Crippen LogP contribution in [0.2, 0.25) is 0 Å². The average Bonchev–Trinajstić information content (AvgIpc) is 3.29. The van der Waals surface area contributed by atoms with Gasteiger partial charge in [-0.1, -0.05) is 11.3 Å². The van der Waals surface area contributed by atoms with E-state index in [9.17, 15) is 14.9 Å². The summed E-state index contributed by atoms with van der Waals surface area (Å²) in [5.74, 6) is -1.18. The van der Waals surface area contributed by atoms with E-state index in [1.165, 1.54) is 0 Å². The number of amides is 1. The minimum absolute atomic E-state index is 0.0953. The van der Waals surface area contributed by atoms with Crippen molar-refractivity contribution in [3.63, 3.8) is 0 Å². The van der Waals surface area contributed by atoms with E-state index in [1.54, 1.807) is 31.4 Å². The van der Waals surface area contributed by atoms with Crippen molar-refractivity contribution < 1.29 is 19.4 Å². The largest absolute Gasteiger partial charge is 0.497 e. The average molecular weight is 369 g/mol. The first-order valence-corrected chi connectivity index (χ1v) is 7.99. The maximum Gasteiger partial charge on any atom is 0.353 e. The number of aromatic carboxylic acids is 1. The van der Waals surface area contributed by atoms with Crippen LogP contribution in [0.3, 0.4) is 0 Å². The summed E-state index contributed by atoms with van der Waals surface area (Å²) in [4.78, 5) is 27.6. The first kappa shape index (κ1) is 17.1. The molecule has 0 saturated carbocycles. The number of carboxylic acids is 1. The molecule has 3 N–H and O–H groups in total. The predicted molar refractivity (Wildman–Crippen MR) is 92.3 cm³/mol. The normalized spacial score (nSPS) is 10.2. The van der Waals surface area contributed by atoms with E-state index in [0.29, 0.717) is 21.9 Å². The van der Waals surface area contributed by atoms with Gasteiger partial charge in [0.2, 0.25) is 0 Å².